The molecule has 1 heterocycles. The molecule has 2 N–H and O–H groups in total. The van der Waals surface area contributed by atoms with E-state index in [0.717, 1.165) is 14.6 Å². The van der Waals surface area contributed by atoms with Crippen LogP contribution in [0.15, 0.2) is 16.6 Å². The molecule has 0 aliphatic carbocycles. The SMILES string of the molecule is CCOC(=O)c1c(N)sc2cc(OC)c(Br)cc12. The number of hydrogen-bond donors (Lipinski definition) is 1. The molecule has 6 heteroatoms. The third-order valence-electron chi connectivity index (χ3n) is 2.47. The van der Waals surface area contributed by atoms with Crippen molar-refractivity contribution in [2.24, 2.45) is 0 Å². The lowest BCUT2D eigenvalue weighted by atomic mass is 10.1. The smallest absolute Gasteiger partial charge is 0.341 e. The summed E-state index contributed by atoms with van der Waals surface area (Å²) in [5, 5.41) is 1.24. The molecule has 0 saturated carbocycles. The van der Waals surface area contributed by atoms with Crippen LogP contribution in [0.5, 0.6) is 5.75 Å². The third-order valence-corrected chi connectivity index (χ3v) is 4.07. The average molecular weight is 330 g/mol. The minimum absolute atomic E-state index is 0.326. The van der Waals surface area contributed by atoms with E-state index >= 15 is 0 Å². The fourth-order valence-corrected chi connectivity index (χ4v) is 3.16. The lowest BCUT2D eigenvalue weighted by Crippen LogP contribution is -2.06. The second-order valence-corrected chi connectivity index (χ2v) is 5.48. The summed E-state index contributed by atoms with van der Waals surface area (Å²) in [7, 11) is 1.59. The summed E-state index contributed by atoms with van der Waals surface area (Å²) in [4.78, 5) is 11.9. The summed E-state index contributed by atoms with van der Waals surface area (Å²) in [5.74, 6) is 0.317. The number of thiophene rings is 1. The highest BCUT2D eigenvalue weighted by Crippen LogP contribution is 2.39. The van der Waals surface area contributed by atoms with E-state index in [1.165, 1.54) is 11.3 Å². The summed E-state index contributed by atoms with van der Waals surface area (Å²) in [5.41, 5.74) is 6.32. The number of carbonyl (C=O) groups excluding carboxylic acids is 1. The number of nitrogen functional groups attached to an aromatic ring is 1. The molecule has 0 aliphatic rings. The van der Waals surface area contributed by atoms with E-state index in [-0.39, 0.29) is 0 Å². The molecule has 0 fully saturated rings. The molecule has 2 rings (SSSR count). The van der Waals surface area contributed by atoms with E-state index in [9.17, 15) is 4.79 Å². The first-order chi connectivity index (χ1) is 8.58. The molecule has 1 aromatic heterocycles. The van der Waals surface area contributed by atoms with E-state index in [1.807, 2.05) is 12.1 Å². The van der Waals surface area contributed by atoms with Gasteiger partial charge in [-0.05, 0) is 35.0 Å². The van der Waals surface area contributed by atoms with E-state index in [2.05, 4.69) is 15.9 Å². The van der Waals surface area contributed by atoms with Gasteiger partial charge in [-0.25, -0.2) is 4.79 Å². The maximum atomic E-state index is 11.9. The quantitative estimate of drug-likeness (QED) is 0.876. The van der Waals surface area contributed by atoms with Crippen LogP contribution >= 0.6 is 27.3 Å². The van der Waals surface area contributed by atoms with Crippen LogP contribution in [0.4, 0.5) is 5.00 Å². The maximum Gasteiger partial charge on any atom is 0.341 e. The lowest BCUT2D eigenvalue weighted by molar-refractivity contribution is 0.0530. The Balaban J connectivity index is 2.64. The second-order valence-electron chi connectivity index (χ2n) is 3.54. The summed E-state index contributed by atoms with van der Waals surface area (Å²) in [6.45, 7) is 2.09. The molecule has 96 valence electrons. The van der Waals surface area contributed by atoms with Gasteiger partial charge in [0, 0.05) is 10.1 Å². The van der Waals surface area contributed by atoms with Crippen LogP contribution in [0.25, 0.3) is 10.1 Å². The molecule has 0 atom stereocenters. The molecule has 0 amide bonds. The maximum absolute atomic E-state index is 11.9. The van der Waals surface area contributed by atoms with Gasteiger partial charge in [-0.1, -0.05) is 0 Å². The summed E-state index contributed by atoms with van der Waals surface area (Å²) >= 11 is 4.74. The molecule has 2 aromatic rings. The van der Waals surface area contributed by atoms with Crippen molar-refractivity contribution in [2.75, 3.05) is 19.5 Å². The molecule has 0 radical (unpaired) electrons. The fourth-order valence-electron chi connectivity index (χ4n) is 1.69. The highest BCUT2D eigenvalue weighted by atomic mass is 79.9. The number of esters is 1. The monoisotopic (exact) mass is 329 g/mol. The van der Waals surface area contributed by atoms with Gasteiger partial charge in [-0.15, -0.1) is 11.3 Å². The molecule has 0 unspecified atom stereocenters. The first-order valence-corrected chi connectivity index (χ1v) is 6.92. The lowest BCUT2D eigenvalue weighted by Gasteiger charge is -2.04. The van der Waals surface area contributed by atoms with E-state index < -0.39 is 5.97 Å². The Morgan fingerprint density at radius 1 is 1.50 bits per heavy atom. The topological polar surface area (TPSA) is 61.5 Å². The predicted octanol–water partition coefficient (Wildman–Crippen LogP) is 3.43. The predicted molar refractivity (Wildman–Crippen MR) is 76.4 cm³/mol. The number of rotatable bonds is 3. The van der Waals surface area contributed by atoms with Gasteiger partial charge in [-0.2, -0.15) is 0 Å². The highest BCUT2D eigenvalue weighted by molar-refractivity contribution is 9.10. The number of carbonyl (C=O) groups is 1. The van der Waals surface area contributed by atoms with Crippen molar-refractivity contribution in [2.45, 2.75) is 6.92 Å². The molecular formula is C12H12BrNO3S. The average Bonchev–Trinajstić information content (AvgIpc) is 2.63. The normalized spacial score (nSPS) is 10.6. The fraction of sp³-hybridized carbons (Fsp3) is 0.250. The number of fused-ring (bicyclic) bond motifs is 1. The number of methoxy groups -OCH3 is 1. The largest absolute Gasteiger partial charge is 0.496 e. The Labute approximate surface area is 117 Å². The van der Waals surface area contributed by atoms with Crippen molar-refractivity contribution in [3.63, 3.8) is 0 Å². The van der Waals surface area contributed by atoms with Gasteiger partial charge < -0.3 is 15.2 Å². The van der Waals surface area contributed by atoms with Gasteiger partial charge in [0.15, 0.2) is 0 Å². The number of nitrogens with two attached hydrogens (primary N) is 1. The first-order valence-electron chi connectivity index (χ1n) is 5.31. The molecule has 0 saturated heterocycles. The molecule has 18 heavy (non-hydrogen) atoms. The molecule has 0 aliphatic heterocycles. The van der Waals surface area contributed by atoms with E-state index in [1.54, 1.807) is 14.0 Å². The summed E-state index contributed by atoms with van der Waals surface area (Å²) < 4.78 is 11.9. The zero-order valence-corrected chi connectivity index (χ0v) is 12.4. The zero-order chi connectivity index (χ0) is 13.3. The zero-order valence-electron chi connectivity index (χ0n) is 9.95. The van der Waals surface area contributed by atoms with Crippen LogP contribution in [0.3, 0.4) is 0 Å². The van der Waals surface area contributed by atoms with Crippen molar-refractivity contribution in [3.8, 4) is 5.75 Å². The Morgan fingerprint density at radius 2 is 2.22 bits per heavy atom. The van der Waals surface area contributed by atoms with Crippen molar-refractivity contribution in [1.82, 2.24) is 0 Å². The van der Waals surface area contributed by atoms with Crippen molar-refractivity contribution < 1.29 is 14.3 Å². The molecule has 0 spiro atoms. The van der Waals surface area contributed by atoms with Crippen LogP contribution < -0.4 is 10.5 Å². The summed E-state index contributed by atoms with van der Waals surface area (Å²) in [6.07, 6.45) is 0. The molecule has 1 aromatic carbocycles. The Morgan fingerprint density at radius 3 is 2.83 bits per heavy atom. The number of anilines is 1. The highest BCUT2D eigenvalue weighted by Gasteiger charge is 2.19. The van der Waals surface area contributed by atoms with Crippen molar-refractivity contribution in [1.29, 1.82) is 0 Å². The van der Waals surface area contributed by atoms with Gasteiger partial charge in [0.05, 0.1) is 18.2 Å². The Bertz CT molecular complexity index is 609. The minimum Gasteiger partial charge on any atom is -0.496 e. The van der Waals surface area contributed by atoms with E-state index in [4.69, 9.17) is 15.2 Å². The van der Waals surface area contributed by atoms with E-state index in [0.29, 0.717) is 22.9 Å². The van der Waals surface area contributed by atoms with Gasteiger partial charge in [-0.3, -0.25) is 0 Å². The summed E-state index contributed by atoms with van der Waals surface area (Å²) in [6, 6.07) is 3.68. The van der Waals surface area contributed by atoms with Crippen LogP contribution in [0.1, 0.15) is 17.3 Å². The Kier molecular flexibility index (Phi) is 3.77. The second kappa shape index (κ2) is 5.16. The van der Waals surface area contributed by atoms with Crippen LogP contribution in [0, 0.1) is 0 Å². The minimum atomic E-state index is -0.390. The number of hydrogen-bond acceptors (Lipinski definition) is 5. The molecule has 4 nitrogen and oxygen atoms in total. The van der Waals surface area contributed by atoms with Gasteiger partial charge >= 0.3 is 5.97 Å². The van der Waals surface area contributed by atoms with Crippen LogP contribution in [-0.2, 0) is 4.74 Å². The standard InChI is InChI=1S/C12H12BrNO3S/c1-3-17-12(15)10-6-4-7(13)8(16-2)5-9(6)18-11(10)14/h4-5H,3,14H2,1-2H3. The van der Waals surface area contributed by atoms with Crippen molar-refractivity contribution >= 4 is 48.3 Å². The third kappa shape index (κ3) is 2.18. The van der Waals surface area contributed by atoms with Crippen LogP contribution in [0.2, 0.25) is 0 Å². The number of halogens is 1. The van der Waals surface area contributed by atoms with Gasteiger partial charge in [0.25, 0.3) is 0 Å². The molecule has 0 bridgehead atoms. The Hall–Kier alpha value is -1.27. The number of benzene rings is 1. The number of ether oxygens (including phenoxy) is 2. The van der Waals surface area contributed by atoms with Crippen molar-refractivity contribution in [3.05, 3.63) is 22.2 Å². The first kappa shape index (κ1) is 13.2. The van der Waals surface area contributed by atoms with Gasteiger partial charge in [0.1, 0.15) is 16.3 Å². The molecular weight excluding hydrogens is 318 g/mol. The van der Waals surface area contributed by atoms with Crippen LogP contribution in [-0.4, -0.2) is 19.7 Å². The van der Waals surface area contributed by atoms with Gasteiger partial charge in [0.2, 0.25) is 0 Å².